The van der Waals surface area contributed by atoms with E-state index in [1.54, 1.807) is 13.8 Å². The van der Waals surface area contributed by atoms with E-state index in [0.717, 1.165) is 22.7 Å². The molecule has 0 bridgehead atoms. The van der Waals surface area contributed by atoms with Gasteiger partial charge in [-0.15, -0.1) is 0 Å². The number of carboxylic acids is 1. The fourth-order valence-corrected chi connectivity index (χ4v) is 4.65. The Morgan fingerprint density at radius 3 is 2.15 bits per heavy atom. The summed E-state index contributed by atoms with van der Waals surface area (Å²) in [5.74, 6) is -1.12. The van der Waals surface area contributed by atoms with E-state index in [9.17, 15) is 13.2 Å². The lowest BCUT2D eigenvalue weighted by atomic mass is 10.1. The number of aryl methyl sites for hydroxylation is 3. The molecule has 1 aliphatic rings. The Kier molecular flexibility index (Phi) is 3.88. The van der Waals surface area contributed by atoms with Crippen LogP contribution in [0.3, 0.4) is 0 Å². The third-order valence-corrected chi connectivity index (χ3v) is 5.62. The summed E-state index contributed by atoms with van der Waals surface area (Å²) in [6.07, 6.45) is 1.47. The molecule has 0 spiro atoms. The highest BCUT2D eigenvalue weighted by Gasteiger charge is 2.40. The van der Waals surface area contributed by atoms with Crippen molar-refractivity contribution in [2.45, 2.75) is 44.6 Å². The largest absolute Gasteiger partial charge is 0.480 e. The minimum absolute atomic E-state index is 0.170. The van der Waals surface area contributed by atoms with Gasteiger partial charge in [0, 0.05) is 6.04 Å². The molecule has 0 amide bonds. The number of aliphatic carboxylic acids is 1. The molecule has 0 atom stereocenters. The van der Waals surface area contributed by atoms with Gasteiger partial charge in [0.25, 0.3) is 0 Å². The van der Waals surface area contributed by atoms with Crippen LogP contribution >= 0.6 is 0 Å². The van der Waals surface area contributed by atoms with Crippen molar-refractivity contribution in [3.05, 3.63) is 28.8 Å². The third kappa shape index (κ3) is 2.86. The van der Waals surface area contributed by atoms with E-state index in [0.29, 0.717) is 11.1 Å². The summed E-state index contributed by atoms with van der Waals surface area (Å²) in [5, 5.41) is 8.95. The lowest BCUT2D eigenvalue weighted by Crippen LogP contribution is -2.38. The van der Waals surface area contributed by atoms with Crippen LogP contribution in [-0.4, -0.2) is 36.4 Å². The number of rotatable bonds is 5. The number of nitrogens with zero attached hydrogens (tertiary/aromatic N) is 1. The molecule has 0 radical (unpaired) electrons. The Balaban J connectivity index is 2.50. The van der Waals surface area contributed by atoms with Gasteiger partial charge in [0.1, 0.15) is 6.54 Å². The van der Waals surface area contributed by atoms with Crippen molar-refractivity contribution < 1.29 is 18.3 Å². The smallest absolute Gasteiger partial charge is 0.318 e. The first kappa shape index (κ1) is 15.0. The van der Waals surface area contributed by atoms with Crippen molar-refractivity contribution >= 4 is 16.0 Å². The second-order valence-corrected chi connectivity index (χ2v) is 7.23. The molecule has 0 aliphatic heterocycles. The van der Waals surface area contributed by atoms with Gasteiger partial charge in [0.05, 0.1) is 4.90 Å². The Labute approximate surface area is 119 Å². The zero-order chi connectivity index (χ0) is 15.1. The summed E-state index contributed by atoms with van der Waals surface area (Å²) >= 11 is 0. The monoisotopic (exact) mass is 297 g/mol. The number of benzene rings is 1. The van der Waals surface area contributed by atoms with E-state index in [1.165, 1.54) is 0 Å². The van der Waals surface area contributed by atoms with Gasteiger partial charge in [-0.05, 0) is 44.7 Å². The minimum atomic E-state index is -3.76. The average Bonchev–Trinajstić information content (AvgIpc) is 3.06. The highest BCUT2D eigenvalue weighted by atomic mass is 32.2. The molecule has 1 N–H and O–H groups in total. The summed E-state index contributed by atoms with van der Waals surface area (Å²) in [5.41, 5.74) is 2.33. The van der Waals surface area contributed by atoms with Crippen LogP contribution in [0.25, 0.3) is 0 Å². The number of hydrogen-bond acceptors (Lipinski definition) is 3. The molecule has 1 fully saturated rings. The van der Waals surface area contributed by atoms with Crippen LogP contribution in [0.1, 0.15) is 29.5 Å². The van der Waals surface area contributed by atoms with Crippen LogP contribution in [-0.2, 0) is 14.8 Å². The predicted molar refractivity (Wildman–Crippen MR) is 75.2 cm³/mol. The van der Waals surface area contributed by atoms with Gasteiger partial charge in [0.2, 0.25) is 10.0 Å². The lowest BCUT2D eigenvalue weighted by Gasteiger charge is -2.22. The minimum Gasteiger partial charge on any atom is -0.480 e. The molecule has 6 heteroatoms. The summed E-state index contributed by atoms with van der Waals surface area (Å²) < 4.78 is 26.7. The number of hydrogen-bond donors (Lipinski definition) is 1. The number of carboxylic acid groups (broad SMARTS) is 1. The Bertz CT molecular complexity index is 624. The first-order valence-electron chi connectivity index (χ1n) is 6.55. The van der Waals surface area contributed by atoms with Gasteiger partial charge in [0.15, 0.2) is 0 Å². The Morgan fingerprint density at radius 1 is 1.25 bits per heavy atom. The zero-order valence-corrected chi connectivity index (χ0v) is 12.7. The van der Waals surface area contributed by atoms with Gasteiger partial charge in [-0.25, -0.2) is 8.42 Å². The normalized spacial score (nSPS) is 15.6. The first-order valence-corrected chi connectivity index (χ1v) is 7.99. The van der Waals surface area contributed by atoms with Gasteiger partial charge < -0.3 is 5.11 Å². The highest BCUT2D eigenvalue weighted by Crippen LogP contribution is 2.34. The van der Waals surface area contributed by atoms with Crippen molar-refractivity contribution in [1.82, 2.24) is 4.31 Å². The predicted octanol–water partition coefficient (Wildman–Crippen LogP) is 1.85. The van der Waals surface area contributed by atoms with Crippen LogP contribution in [0.15, 0.2) is 17.0 Å². The average molecular weight is 297 g/mol. The SMILES string of the molecule is Cc1cc(C)c(S(=O)(=O)N(CC(=O)O)C2CC2)c(C)c1. The summed E-state index contributed by atoms with van der Waals surface area (Å²) in [4.78, 5) is 11.2. The lowest BCUT2D eigenvalue weighted by molar-refractivity contribution is -0.137. The summed E-state index contributed by atoms with van der Waals surface area (Å²) in [6.45, 7) is 4.93. The summed E-state index contributed by atoms with van der Waals surface area (Å²) in [6, 6.07) is 3.45. The van der Waals surface area contributed by atoms with Crippen LogP contribution in [0.5, 0.6) is 0 Å². The van der Waals surface area contributed by atoms with Crippen LogP contribution in [0.2, 0.25) is 0 Å². The van der Waals surface area contributed by atoms with Crippen LogP contribution in [0, 0.1) is 20.8 Å². The molecule has 0 aromatic heterocycles. The molecule has 0 heterocycles. The number of sulfonamides is 1. The van der Waals surface area contributed by atoms with Crippen molar-refractivity contribution in [1.29, 1.82) is 0 Å². The number of carbonyl (C=O) groups is 1. The van der Waals surface area contributed by atoms with Crippen LogP contribution < -0.4 is 0 Å². The molecule has 0 unspecified atom stereocenters. The molecule has 1 aliphatic carbocycles. The fraction of sp³-hybridized carbons (Fsp3) is 0.500. The first-order chi connectivity index (χ1) is 9.23. The van der Waals surface area contributed by atoms with Crippen molar-refractivity contribution in [3.8, 4) is 0 Å². The molecule has 2 rings (SSSR count). The van der Waals surface area contributed by atoms with E-state index in [-0.39, 0.29) is 10.9 Å². The van der Waals surface area contributed by atoms with Crippen molar-refractivity contribution in [2.24, 2.45) is 0 Å². The summed E-state index contributed by atoms with van der Waals surface area (Å²) in [7, 11) is -3.76. The molecule has 1 aromatic rings. The third-order valence-electron chi connectivity index (χ3n) is 3.42. The van der Waals surface area contributed by atoms with Gasteiger partial charge in [-0.2, -0.15) is 4.31 Å². The topological polar surface area (TPSA) is 74.7 Å². The second kappa shape index (κ2) is 5.18. The zero-order valence-electron chi connectivity index (χ0n) is 11.9. The molecule has 0 saturated heterocycles. The maximum Gasteiger partial charge on any atom is 0.318 e. The van der Waals surface area contributed by atoms with Gasteiger partial charge in [-0.3, -0.25) is 4.79 Å². The fourth-order valence-electron chi connectivity index (χ4n) is 2.60. The maximum atomic E-state index is 12.8. The van der Waals surface area contributed by atoms with Crippen LogP contribution in [0.4, 0.5) is 0 Å². The maximum absolute atomic E-state index is 12.8. The van der Waals surface area contributed by atoms with E-state index in [2.05, 4.69) is 0 Å². The van der Waals surface area contributed by atoms with E-state index >= 15 is 0 Å². The second-order valence-electron chi connectivity index (χ2n) is 5.40. The molecule has 1 aromatic carbocycles. The quantitative estimate of drug-likeness (QED) is 0.900. The molecular weight excluding hydrogens is 278 g/mol. The van der Waals surface area contributed by atoms with E-state index in [4.69, 9.17) is 5.11 Å². The Hall–Kier alpha value is -1.40. The highest BCUT2D eigenvalue weighted by molar-refractivity contribution is 7.89. The van der Waals surface area contributed by atoms with Gasteiger partial charge in [-0.1, -0.05) is 17.7 Å². The molecule has 20 heavy (non-hydrogen) atoms. The molecule has 5 nitrogen and oxygen atoms in total. The molecular formula is C14H19NO4S. The van der Waals surface area contributed by atoms with Gasteiger partial charge >= 0.3 is 5.97 Å². The van der Waals surface area contributed by atoms with E-state index < -0.39 is 22.5 Å². The Morgan fingerprint density at radius 2 is 1.75 bits per heavy atom. The van der Waals surface area contributed by atoms with E-state index in [1.807, 2.05) is 19.1 Å². The molecule has 1 saturated carbocycles. The molecule has 110 valence electrons. The van der Waals surface area contributed by atoms with Crippen molar-refractivity contribution in [2.75, 3.05) is 6.54 Å². The standard InChI is InChI=1S/C14H19NO4S/c1-9-6-10(2)14(11(3)7-9)20(18,19)15(8-13(16)17)12-4-5-12/h6-7,12H,4-5,8H2,1-3H3,(H,16,17). The van der Waals surface area contributed by atoms with Crippen molar-refractivity contribution in [3.63, 3.8) is 0 Å².